The molecule has 87 heavy (non-hydrogen) atoms. The van der Waals surface area contributed by atoms with Crippen LogP contribution in [-0.2, 0) is 24.3 Å². The summed E-state index contributed by atoms with van der Waals surface area (Å²) in [5, 5.41) is 19.4. The van der Waals surface area contributed by atoms with Crippen molar-refractivity contribution in [2.75, 3.05) is 82.3 Å². The second-order valence-corrected chi connectivity index (χ2v) is 25.6. The third-order valence-corrected chi connectivity index (χ3v) is 18.4. The zero-order chi connectivity index (χ0) is 61.0. The number of aromatic amines is 1. The molecule has 5 aliphatic rings. The Bertz CT molecular complexity index is 3910. The van der Waals surface area contributed by atoms with Crippen LogP contribution in [-0.4, -0.2) is 146 Å². The Morgan fingerprint density at radius 3 is 2.49 bits per heavy atom. The van der Waals surface area contributed by atoms with E-state index in [9.17, 15) is 42.5 Å². The van der Waals surface area contributed by atoms with Crippen molar-refractivity contribution >= 4 is 84.8 Å². The zero-order valence-corrected chi connectivity index (χ0v) is 49.9. The maximum Gasteiger partial charge on any atom is 0.293 e. The molecule has 4 N–H and O–H groups in total. The molecule has 0 radical (unpaired) electrons. The van der Waals surface area contributed by atoms with Crippen LogP contribution in [0.25, 0.3) is 16.6 Å². The van der Waals surface area contributed by atoms with Gasteiger partial charge in [0, 0.05) is 105 Å². The number of halogens is 1. The first kappa shape index (κ1) is 60.2. The monoisotopic (exact) mass is 1220 g/mol. The predicted molar refractivity (Wildman–Crippen MR) is 328 cm³/mol. The van der Waals surface area contributed by atoms with Crippen LogP contribution in [0, 0.1) is 33.3 Å². The number of fused-ring (bicyclic) bond motifs is 2. The number of hydrogen-bond donors (Lipinski definition) is 4. The topological polar surface area (TPSA) is 259 Å². The molecule has 21 nitrogen and oxygen atoms in total. The maximum absolute atomic E-state index is 14.2. The molecule has 3 saturated heterocycles. The lowest BCUT2D eigenvalue weighted by Gasteiger charge is -2.39. The molecule has 2 atom stereocenters. The summed E-state index contributed by atoms with van der Waals surface area (Å²) in [6, 6.07) is 23.9. The number of amides is 5. The van der Waals surface area contributed by atoms with Gasteiger partial charge in [-0.3, -0.25) is 49.2 Å². The number of nitrogens with zero attached hydrogens (tertiary/aromatic N) is 6. The third kappa shape index (κ3) is 14.0. The van der Waals surface area contributed by atoms with Gasteiger partial charge < -0.3 is 29.6 Å². The number of aromatic nitrogens is 2. The summed E-state index contributed by atoms with van der Waals surface area (Å²) in [6.07, 6.45) is 8.67. The lowest BCUT2D eigenvalue weighted by atomic mass is 9.72. The van der Waals surface area contributed by atoms with E-state index < -0.39 is 61.1 Å². The van der Waals surface area contributed by atoms with Crippen molar-refractivity contribution in [2.24, 2.45) is 11.3 Å². The van der Waals surface area contributed by atoms with Gasteiger partial charge >= 0.3 is 0 Å². The van der Waals surface area contributed by atoms with E-state index in [1.807, 2.05) is 18.2 Å². The van der Waals surface area contributed by atoms with Crippen LogP contribution in [0.3, 0.4) is 0 Å². The minimum atomic E-state index is -4.65. The predicted octanol–water partition coefficient (Wildman–Crippen LogP) is 8.80. The molecule has 0 saturated carbocycles. The van der Waals surface area contributed by atoms with Crippen molar-refractivity contribution in [1.29, 1.82) is 0 Å². The lowest BCUT2D eigenvalue weighted by Crippen LogP contribution is -2.54. The average molecular weight is 1220 g/mol. The van der Waals surface area contributed by atoms with Gasteiger partial charge in [-0.2, -0.15) is 0 Å². The van der Waals surface area contributed by atoms with E-state index in [0.717, 1.165) is 80.3 Å². The number of benzene rings is 4. The van der Waals surface area contributed by atoms with Gasteiger partial charge in [-0.15, -0.1) is 0 Å². The molecule has 1 aliphatic carbocycles. The molecule has 0 bridgehead atoms. The number of carbonyl (C=O) groups is 5. The Morgan fingerprint density at radius 2 is 1.70 bits per heavy atom. The maximum atomic E-state index is 14.2. The molecule has 6 heterocycles. The quantitative estimate of drug-likeness (QED) is 0.0194. The summed E-state index contributed by atoms with van der Waals surface area (Å²) in [6.45, 7) is 11.9. The summed E-state index contributed by atoms with van der Waals surface area (Å²) < 4.78 is 42.4. The second kappa shape index (κ2) is 25.9. The number of nitro groups is 1. The van der Waals surface area contributed by atoms with Gasteiger partial charge in [-0.25, -0.2) is 18.1 Å². The molecule has 4 aromatic carbocycles. The molecule has 452 valence electrons. The van der Waals surface area contributed by atoms with E-state index in [1.165, 1.54) is 53.2 Å². The van der Waals surface area contributed by atoms with Crippen molar-refractivity contribution in [3.63, 3.8) is 0 Å². The van der Waals surface area contributed by atoms with E-state index in [-0.39, 0.29) is 52.3 Å². The highest BCUT2D eigenvalue weighted by atomic mass is 35.5. The molecule has 5 amide bonds. The number of hydrogen-bond acceptors (Lipinski definition) is 16. The van der Waals surface area contributed by atoms with Crippen LogP contribution in [0.1, 0.15) is 107 Å². The number of anilines is 2. The number of likely N-dealkylation sites (tertiary alicyclic amines) is 1. The molecule has 11 rings (SSSR count). The zero-order valence-electron chi connectivity index (χ0n) is 48.4. The first-order valence-electron chi connectivity index (χ1n) is 29.3. The Labute approximate surface area is 509 Å². The molecule has 23 heteroatoms. The largest absolute Gasteiger partial charge is 0.455 e. The van der Waals surface area contributed by atoms with Crippen LogP contribution in [0.4, 0.5) is 17.1 Å². The number of carbonyl (C=O) groups excluding carboxylic acids is 5. The highest BCUT2D eigenvalue weighted by Crippen LogP contribution is 2.44. The molecule has 6 aromatic rings. The number of pyridine rings is 1. The van der Waals surface area contributed by atoms with E-state index in [1.54, 1.807) is 30.5 Å². The fourth-order valence-corrected chi connectivity index (χ4v) is 13.2. The normalized spacial score (nSPS) is 19.2. The molecule has 2 unspecified atom stereocenters. The molecule has 2 aromatic heterocycles. The average Bonchev–Trinajstić information content (AvgIpc) is 2.88. The third-order valence-electron chi connectivity index (χ3n) is 16.8. The molecule has 4 aliphatic heterocycles. The van der Waals surface area contributed by atoms with Gasteiger partial charge in [0.15, 0.2) is 0 Å². The standard InChI is InChI=1S/C64H67ClN10O11S/c1-64(2)22-20-45(53(36-64)43-9-11-46(65)12-10-43)40-72-25-27-73(28-26-72)47-13-16-51(57(34-47)86-48-33-44-21-23-66-59(44)68-38-48)60(77)70-87(83,84)49-14-17-54(56(35-49)75(81)82)67-37-42-7-5-24-71(39-42)29-31-85-30-4-3-6-41-8-15-50-52(32-41)63(80)74(62(50)79)55-18-19-58(76)69-61(55)78/h8-17,21,23,32-35,38,42,55,67H,4-5,7,18-20,22,24-31,36-37,39-40H2,1-2H3,(H,66,68)(H,70,77)(H,69,76,78). The van der Waals surface area contributed by atoms with Crippen LogP contribution in [0.15, 0.2) is 114 Å². The number of H-pyrrole nitrogens is 1. The summed E-state index contributed by atoms with van der Waals surface area (Å²) in [5.41, 5.74) is 6.15. The number of piperidine rings is 2. The Balaban J connectivity index is 0.680. The summed E-state index contributed by atoms with van der Waals surface area (Å²) in [7, 11) is -4.65. The highest BCUT2D eigenvalue weighted by molar-refractivity contribution is 7.90. The SMILES string of the molecule is CC1(C)CCC(CN2CCN(c3ccc(C(=O)NS(=O)(=O)c4ccc(NCC5CCCN(CCOCCC#Cc6ccc7c(c6)C(=O)N(C6CCC(=O)NC6=O)C7=O)C5)c([N+](=O)[O-])c4)c(Oc4cnc5[nH]ccc5c4)c3)CC2)=C(c2ccc(Cl)cc2)C1. The number of nitro benzene ring substituents is 1. The summed E-state index contributed by atoms with van der Waals surface area (Å²) >= 11 is 6.27. The van der Waals surface area contributed by atoms with Gasteiger partial charge in [0.05, 0.1) is 45.9 Å². The van der Waals surface area contributed by atoms with Gasteiger partial charge in [0.25, 0.3) is 33.4 Å². The summed E-state index contributed by atoms with van der Waals surface area (Å²) in [4.78, 5) is 91.2. The van der Waals surface area contributed by atoms with Gasteiger partial charge in [0.2, 0.25) is 11.8 Å². The second-order valence-electron chi connectivity index (χ2n) is 23.5. The van der Waals surface area contributed by atoms with Gasteiger partial charge in [0.1, 0.15) is 28.9 Å². The van der Waals surface area contributed by atoms with E-state index in [0.29, 0.717) is 74.3 Å². The number of piperazine rings is 1. The number of sulfonamides is 1. The van der Waals surface area contributed by atoms with Crippen LogP contribution >= 0.6 is 11.6 Å². The Hall–Kier alpha value is -8.46. The van der Waals surface area contributed by atoms with Crippen molar-refractivity contribution < 1.29 is 46.8 Å². The fraction of sp³-hybridized carbons (Fsp3) is 0.375. The van der Waals surface area contributed by atoms with E-state index in [4.69, 9.17) is 21.1 Å². The van der Waals surface area contributed by atoms with Crippen molar-refractivity contribution in [2.45, 2.75) is 76.2 Å². The number of imide groups is 2. The van der Waals surface area contributed by atoms with Gasteiger partial charge in [-0.05, 0) is 134 Å². The van der Waals surface area contributed by atoms with Crippen LogP contribution in [0.2, 0.25) is 5.02 Å². The number of allylic oxidation sites excluding steroid dienone is 1. The highest BCUT2D eigenvalue weighted by Gasteiger charge is 2.45. The van der Waals surface area contributed by atoms with Crippen molar-refractivity contribution in [1.82, 2.24) is 34.7 Å². The van der Waals surface area contributed by atoms with Crippen molar-refractivity contribution in [3.8, 4) is 23.3 Å². The minimum Gasteiger partial charge on any atom is -0.455 e. The van der Waals surface area contributed by atoms with E-state index >= 15 is 0 Å². The Kier molecular flexibility index (Phi) is 17.9. The number of ether oxygens (including phenoxy) is 2. The first-order valence-corrected chi connectivity index (χ1v) is 31.1. The van der Waals surface area contributed by atoms with E-state index in [2.05, 4.69) is 77.8 Å². The van der Waals surface area contributed by atoms with Gasteiger partial charge in [-0.1, -0.05) is 55.0 Å². The first-order chi connectivity index (χ1) is 41.8. The molecule has 0 spiro atoms. The summed E-state index contributed by atoms with van der Waals surface area (Å²) in [5.74, 6) is 3.32. The van der Waals surface area contributed by atoms with Crippen molar-refractivity contribution in [3.05, 3.63) is 152 Å². The Morgan fingerprint density at radius 1 is 0.897 bits per heavy atom. The fourth-order valence-electron chi connectivity index (χ4n) is 12.1. The number of rotatable bonds is 19. The lowest BCUT2D eigenvalue weighted by molar-refractivity contribution is -0.384. The smallest absolute Gasteiger partial charge is 0.293 e. The van der Waals surface area contributed by atoms with Crippen LogP contribution < -0.4 is 25.0 Å². The molecular formula is C64H67ClN10O11S. The van der Waals surface area contributed by atoms with Crippen LogP contribution in [0.5, 0.6) is 11.5 Å². The molecular weight excluding hydrogens is 1150 g/mol. The molecule has 3 fully saturated rings. The number of nitrogens with one attached hydrogen (secondary N) is 4. The minimum absolute atomic E-state index is 0.0344.